The van der Waals surface area contributed by atoms with Crippen molar-refractivity contribution in [3.05, 3.63) is 39.8 Å². The van der Waals surface area contributed by atoms with Gasteiger partial charge >= 0.3 is 0 Å². The van der Waals surface area contributed by atoms with E-state index in [0.29, 0.717) is 16.8 Å². The van der Waals surface area contributed by atoms with Crippen LogP contribution in [0.1, 0.15) is 24.1 Å². The third kappa shape index (κ3) is 2.31. The van der Waals surface area contributed by atoms with Crippen LogP contribution in [0.4, 0.5) is 0 Å². The number of piperidine rings is 1. The monoisotopic (exact) mass is 320 g/mol. The van der Waals surface area contributed by atoms with Crippen molar-refractivity contribution in [3.63, 3.8) is 0 Å². The van der Waals surface area contributed by atoms with Crippen molar-refractivity contribution in [2.75, 3.05) is 13.1 Å². The maximum absolute atomic E-state index is 13.1. The highest BCUT2D eigenvalue weighted by molar-refractivity contribution is 6.04. The molecular formula is C19H20N4O. The molecule has 0 aliphatic carbocycles. The van der Waals surface area contributed by atoms with Crippen LogP contribution in [0.15, 0.2) is 23.0 Å². The average molecular weight is 320 g/mol. The molecule has 24 heavy (non-hydrogen) atoms. The van der Waals surface area contributed by atoms with Crippen molar-refractivity contribution >= 4 is 21.8 Å². The van der Waals surface area contributed by atoms with E-state index in [-0.39, 0.29) is 5.56 Å². The molecule has 1 saturated heterocycles. The summed E-state index contributed by atoms with van der Waals surface area (Å²) in [6.45, 7) is 4.63. The van der Waals surface area contributed by atoms with Gasteiger partial charge in [-0.3, -0.25) is 9.89 Å². The minimum Gasteiger partial charge on any atom is -0.316 e. The first-order valence-corrected chi connectivity index (χ1v) is 8.37. The molecule has 0 bridgehead atoms. The summed E-state index contributed by atoms with van der Waals surface area (Å²) in [5.41, 5.74) is 3.25. The summed E-state index contributed by atoms with van der Waals surface area (Å²) < 4.78 is 1.90. The molecule has 0 spiro atoms. The Balaban J connectivity index is 1.99. The van der Waals surface area contributed by atoms with Crippen LogP contribution in [0.2, 0.25) is 0 Å². The van der Waals surface area contributed by atoms with Gasteiger partial charge in [-0.25, -0.2) is 0 Å². The first-order valence-electron chi connectivity index (χ1n) is 8.37. The van der Waals surface area contributed by atoms with Gasteiger partial charge in [-0.15, -0.1) is 6.42 Å². The fraction of sp³-hybridized carbons (Fsp3) is 0.368. The van der Waals surface area contributed by atoms with Crippen molar-refractivity contribution in [1.29, 1.82) is 0 Å². The quantitative estimate of drug-likeness (QED) is 0.711. The molecular weight excluding hydrogens is 300 g/mol. The SMILES string of the molecule is C#Cc1ccc2c(c1)c1n[nH]c(C)c1c(=O)n2CC1CCCNC1. The summed E-state index contributed by atoms with van der Waals surface area (Å²) >= 11 is 0. The number of pyridine rings is 1. The summed E-state index contributed by atoms with van der Waals surface area (Å²) in [5, 5.41) is 12.3. The van der Waals surface area contributed by atoms with Crippen molar-refractivity contribution in [3.8, 4) is 12.3 Å². The Morgan fingerprint density at radius 3 is 3.08 bits per heavy atom. The van der Waals surface area contributed by atoms with E-state index in [4.69, 9.17) is 6.42 Å². The molecule has 0 radical (unpaired) electrons. The van der Waals surface area contributed by atoms with Gasteiger partial charge in [-0.05, 0) is 57.0 Å². The number of nitrogens with one attached hydrogen (secondary N) is 2. The molecule has 2 aromatic heterocycles. The fourth-order valence-corrected chi connectivity index (χ4v) is 3.70. The Morgan fingerprint density at radius 2 is 2.33 bits per heavy atom. The summed E-state index contributed by atoms with van der Waals surface area (Å²) in [4.78, 5) is 13.1. The van der Waals surface area contributed by atoms with Crippen molar-refractivity contribution in [1.82, 2.24) is 20.1 Å². The van der Waals surface area contributed by atoms with Crippen LogP contribution in [0.25, 0.3) is 21.8 Å². The number of terminal acetylenes is 1. The molecule has 1 aliphatic rings. The third-order valence-electron chi connectivity index (χ3n) is 4.96. The zero-order valence-corrected chi connectivity index (χ0v) is 13.7. The second-order valence-electron chi connectivity index (χ2n) is 6.58. The zero-order chi connectivity index (χ0) is 16.7. The highest BCUT2D eigenvalue weighted by atomic mass is 16.1. The fourth-order valence-electron chi connectivity index (χ4n) is 3.70. The van der Waals surface area contributed by atoms with E-state index in [1.165, 1.54) is 0 Å². The van der Waals surface area contributed by atoms with E-state index in [1.54, 1.807) is 0 Å². The number of aromatic nitrogens is 3. The average Bonchev–Trinajstić information content (AvgIpc) is 3.01. The lowest BCUT2D eigenvalue weighted by molar-refractivity contribution is 0.338. The molecule has 2 N–H and O–H groups in total. The molecule has 3 heterocycles. The van der Waals surface area contributed by atoms with Crippen LogP contribution in [-0.4, -0.2) is 27.9 Å². The van der Waals surface area contributed by atoms with Crippen LogP contribution < -0.4 is 10.9 Å². The Kier molecular flexibility index (Phi) is 3.62. The highest BCUT2D eigenvalue weighted by Crippen LogP contribution is 2.25. The maximum atomic E-state index is 13.1. The van der Waals surface area contributed by atoms with E-state index in [2.05, 4.69) is 21.4 Å². The molecule has 5 nitrogen and oxygen atoms in total. The van der Waals surface area contributed by atoms with Gasteiger partial charge in [0.2, 0.25) is 0 Å². The van der Waals surface area contributed by atoms with E-state index < -0.39 is 0 Å². The summed E-state index contributed by atoms with van der Waals surface area (Å²) in [6.07, 6.45) is 7.86. The molecule has 0 saturated carbocycles. The molecule has 4 rings (SSSR count). The van der Waals surface area contributed by atoms with Gasteiger partial charge in [0.05, 0.1) is 10.9 Å². The maximum Gasteiger partial charge on any atom is 0.262 e. The predicted molar refractivity (Wildman–Crippen MR) is 96.1 cm³/mol. The van der Waals surface area contributed by atoms with E-state index >= 15 is 0 Å². The Hall–Kier alpha value is -2.58. The standard InChI is InChI=1S/C19H20N4O/c1-3-13-6-7-16-15(9-13)18-17(12(2)21-22-18)19(24)23(16)11-14-5-4-8-20-10-14/h1,6-7,9,14,20H,4-5,8,10-11H2,2H3,(H,21,22). The lowest BCUT2D eigenvalue weighted by Gasteiger charge is -2.24. The number of aromatic amines is 1. The van der Waals surface area contributed by atoms with Gasteiger partial charge in [-0.2, -0.15) is 5.10 Å². The van der Waals surface area contributed by atoms with Crippen LogP contribution >= 0.6 is 0 Å². The van der Waals surface area contributed by atoms with E-state index in [0.717, 1.165) is 54.6 Å². The van der Waals surface area contributed by atoms with E-state index in [9.17, 15) is 4.79 Å². The number of fused-ring (bicyclic) bond motifs is 3. The normalized spacial score (nSPS) is 18.1. The summed E-state index contributed by atoms with van der Waals surface area (Å²) in [7, 11) is 0. The summed E-state index contributed by atoms with van der Waals surface area (Å²) in [6, 6.07) is 5.79. The molecule has 3 aromatic rings. The van der Waals surface area contributed by atoms with Gasteiger partial charge in [0, 0.05) is 23.2 Å². The van der Waals surface area contributed by atoms with Gasteiger partial charge in [-0.1, -0.05) is 5.92 Å². The lowest BCUT2D eigenvalue weighted by atomic mass is 9.99. The van der Waals surface area contributed by atoms with Crippen molar-refractivity contribution in [2.24, 2.45) is 5.92 Å². The van der Waals surface area contributed by atoms with Gasteiger partial charge in [0.1, 0.15) is 5.52 Å². The van der Waals surface area contributed by atoms with E-state index in [1.807, 2.05) is 29.7 Å². The second kappa shape index (κ2) is 5.81. The topological polar surface area (TPSA) is 62.7 Å². The van der Waals surface area contributed by atoms with Gasteiger partial charge in [0.25, 0.3) is 5.56 Å². The number of aryl methyl sites for hydroxylation is 1. The number of hydrogen-bond acceptors (Lipinski definition) is 3. The third-order valence-corrected chi connectivity index (χ3v) is 4.96. The highest BCUT2D eigenvalue weighted by Gasteiger charge is 2.19. The molecule has 1 atom stereocenters. The molecule has 5 heteroatoms. The minimum absolute atomic E-state index is 0.0304. The molecule has 1 aromatic carbocycles. The van der Waals surface area contributed by atoms with Crippen molar-refractivity contribution < 1.29 is 0 Å². The minimum atomic E-state index is 0.0304. The number of rotatable bonds is 2. The zero-order valence-electron chi connectivity index (χ0n) is 13.7. The smallest absolute Gasteiger partial charge is 0.262 e. The van der Waals surface area contributed by atoms with Gasteiger partial charge in [0.15, 0.2) is 0 Å². The first kappa shape index (κ1) is 15.0. The lowest BCUT2D eigenvalue weighted by Crippen LogP contribution is -2.35. The van der Waals surface area contributed by atoms with Crippen LogP contribution in [0.3, 0.4) is 0 Å². The molecule has 1 fully saturated rings. The van der Waals surface area contributed by atoms with Crippen LogP contribution in [0.5, 0.6) is 0 Å². The van der Waals surface area contributed by atoms with Crippen LogP contribution in [-0.2, 0) is 6.54 Å². The Morgan fingerprint density at radius 1 is 1.46 bits per heavy atom. The molecule has 1 aliphatic heterocycles. The second-order valence-corrected chi connectivity index (χ2v) is 6.58. The van der Waals surface area contributed by atoms with Gasteiger partial charge < -0.3 is 9.88 Å². The molecule has 0 amide bonds. The number of H-pyrrole nitrogens is 1. The predicted octanol–water partition coefficient (Wildman–Crippen LogP) is 2.17. The Labute approximate surface area is 140 Å². The number of nitrogens with zero attached hydrogens (tertiary/aromatic N) is 2. The molecule has 1 unspecified atom stereocenters. The largest absolute Gasteiger partial charge is 0.316 e. The first-order chi connectivity index (χ1) is 11.7. The Bertz CT molecular complexity index is 1020. The van der Waals surface area contributed by atoms with Crippen molar-refractivity contribution in [2.45, 2.75) is 26.3 Å². The number of hydrogen-bond donors (Lipinski definition) is 2. The van der Waals surface area contributed by atoms with Crippen LogP contribution in [0, 0.1) is 25.2 Å². The number of benzene rings is 1. The summed E-state index contributed by atoms with van der Waals surface area (Å²) in [5.74, 6) is 3.14. The molecule has 122 valence electrons.